The molecule has 0 aromatic heterocycles. The molecule has 0 aliphatic heterocycles. The van der Waals surface area contributed by atoms with Crippen molar-refractivity contribution in [3.63, 3.8) is 0 Å². The Labute approximate surface area is 145 Å². The molecule has 128 valence electrons. The molecule has 1 aliphatic carbocycles. The summed E-state index contributed by atoms with van der Waals surface area (Å²) in [7, 11) is 0. The summed E-state index contributed by atoms with van der Waals surface area (Å²) in [6, 6.07) is 5.66. The average Bonchev–Trinajstić information content (AvgIpc) is 3.23. The fraction of sp³-hybridized carbons (Fsp3) is 0.588. The van der Waals surface area contributed by atoms with E-state index in [4.69, 9.17) is 14.2 Å². The highest BCUT2D eigenvalue weighted by Crippen LogP contribution is 2.31. The molecule has 1 aromatic rings. The van der Waals surface area contributed by atoms with Gasteiger partial charge in [-0.25, -0.2) is 4.79 Å². The van der Waals surface area contributed by atoms with E-state index >= 15 is 0 Å². The molecule has 0 radical (unpaired) electrons. The van der Waals surface area contributed by atoms with E-state index in [9.17, 15) is 4.79 Å². The lowest BCUT2D eigenvalue weighted by Crippen LogP contribution is -2.34. The predicted octanol–water partition coefficient (Wildman–Crippen LogP) is 4.14. The number of hydrogen-bond acceptors (Lipinski definition) is 4. The quantitative estimate of drug-likeness (QED) is 0.716. The van der Waals surface area contributed by atoms with Crippen LogP contribution in [0.3, 0.4) is 0 Å². The van der Waals surface area contributed by atoms with Crippen molar-refractivity contribution in [1.29, 1.82) is 0 Å². The number of halogens is 1. The van der Waals surface area contributed by atoms with Gasteiger partial charge in [-0.3, -0.25) is 0 Å². The molecule has 1 amide bonds. The Morgan fingerprint density at radius 3 is 2.48 bits per heavy atom. The summed E-state index contributed by atoms with van der Waals surface area (Å²) in [5.41, 5.74) is -0.497. The molecule has 0 atom stereocenters. The molecule has 1 fully saturated rings. The van der Waals surface area contributed by atoms with E-state index in [1.165, 1.54) is 12.8 Å². The number of amides is 1. The van der Waals surface area contributed by atoms with Crippen molar-refractivity contribution in [1.82, 2.24) is 5.32 Å². The van der Waals surface area contributed by atoms with Crippen LogP contribution in [-0.2, 0) is 4.74 Å². The van der Waals surface area contributed by atoms with E-state index < -0.39 is 11.7 Å². The van der Waals surface area contributed by atoms with E-state index in [0.29, 0.717) is 24.8 Å². The Kier molecular flexibility index (Phi) is 6.16. The summed E-state index contributed by atoms with van der Waals surface area (Å²) >= 11 is 3.45. The second kappa shape index (κ2) is 7.90. The summed E-state index contributed by atoms with van der Waals surface area (Å²) in [4.78, 5) is 11.5. The largest absolute Gasteiger partial charge is 0.493 e. The molecule has 0 spiro atoms. The van der Waals surface area contributed by atoms with Gasteiger partial charge in [0.2, 0.25) is 0 Å². The van der Waals surface area contributed by atoms with Gasteiger partial charge >= 0.3 is 6.09 Å². The first-order valence-electron chi connectivity index (χ1n) is 7.85. The first-order chi connectivity index (χ1) is 10.8. The molecule has 0 unspecified atom stereocenters. The maximum atomic E-state index is 11.5. The molecule has 0 bridgehead atoms. The van der Waals surface area contributed by atoms with Crippen LogP contribution in [0.2, 0.25) is 0 Å². The number of hydrogen-bond donors (Lipinski definition) is 1. The zero-order valence-electron chi connectivity index (χ0n) is 13.9. The summed E-state index contributed by atoms with van der Waals surface area (Å²) in [5, 5.41) is 2.66. The van der Waals surface area contributed by atoms with Gasteiger partial charge in [-0.15, -0.1) is 0 Å². The molecule has 2 rings (SSSR count). The lowest BCUT2D eigenvalue weighted by Gasteiger charge is -2.19. The molecule has 1 N–H and O–H groups in total. The van der Waals surface area contributed by atoms with E-state index in [1.807, 2.05) is 39.0 Å². The van der Waals surface area contributed by atoms with Gasteiger partial charge in [-0.2, -0.15) is 0 Å². The molecule has 5 nitrogen and oxygen atoms in total. The Hall–Kier alpha value is -1.43. The number of carbonyl (C=O) groups excluding carboxylic acids is 1. The first-order valence-corrected chi connectivity index (χ1v) is 8.64. The number of benzene rings is 1. The van der Waals surface area contributed by atoms with Crippen LogP contribution in [0.15, 0.2) is 22.7 Å². The zero-order valence-corrected chi connectivity index (χ0v) is 15.4. The summed E-state index contributed by atoms with van der Waals surface area (Å²) in [5.74, 6) is 2.20. The average molecular weight is 386 g/mol. The molecular formula is C17H24BrNO4. The van der Waals surface area contributed by atoms with Crippen molar-refractivity contribution in [3.8, 4) is 11.5 Å². The lowest BCUT2D eigenvalue weighted by molar-refractivity contribution is 0.0520. The molecule has 1 saturated carbocycles. The fourth-order valence-corrected chi connectivity index (χ4v) is 2.29. The van der Waals surface area contributed by atoms with Crippen molar-refractivity contribution in [3.05, 3.63) is 22.7 Å². The minimum absolute atomic E-state index is 0.359. The van der Waals surface area contributed by atoms with Crippen LogP contribution in [0.25, 0.3) is 0 Å². The third-order valence-corrected chi connectivity index (χ3v) is 3.52. The number of rotatable bonds is 7. The van der Waals surface area contributed by atoms with Crippen molar-refractivity contribution >= 4 is 22.0 Å². The van der Waals surface area contributed by atoms with Gasteiger partial charge in [0, 0.05) is 10.5 Å². The Balaban J connectivity index is 1.73. The maximum absolute atomic E-state index is 11.5. The third-order valence-electron chi connectivity index (χ3n) is 3.07. The maximum Gasteiger partial charge on any atom is 0.407 e. The monoisotopic (exact) mass is 385 g/mol. The highest BCUT2D eigenvalue weighted by atomic mass is 79.9. The minimum Gasteiger partial charge on any atom is -0.493 e. The Morgan fingerprint density at radius 1 is 1.22 bits per heavy atom. The number of ether oxygens (including phenoxy) is 3. The molecule has 1 aromatic carbocycles. The van der Waals surface area contributed by atoms with E-state index in [2.05, 4.69) is 21.2 Å². The van der Waals surface area contributed by atoms with Crippen molar-refractivity contribution in [2.45, 2.75) is 39.2 Å². The Bertz CT molecular complexity index is 538. The van der Waals surface area contributed by atoms with E-state index in [0.717, 1.165) is 16.8 Å². The van der Waals surface area contributed by atoms with Gasteiger partial charge in [-0.05, 0) is 51.7 Å². The highest BCUT2D eigenvalue weighted by Gasteiger charge is 2.22. The highest BCUT2D eigenvalue weighted by molar-refractivity contribution is 9.10. The zero-order chi connectivity index (χ0) is 16.9. The van der Waals surface area contributed by atoms with Gasteiger partial charge in [0.1, 0.15) is 23.7 Å². The molecule has 0 saturated heterocycles. The van der Waals surface area contributed by atoms with Gasteiger partial charge in [0.05, 0.1) is 13.2 Å². The van der Waals surface area contributed by atoms with Gasteiger partial charge in [-0.1, -0.05) is 15.9 Å². The Morgan fingerprint density at radius 2 is 1.87 bits per heavy atom. The van der Waals surface area contributed by atoms with E-state index in [1.54, 1.807) is 0 Å². The SMILES string of the molecule is CC(C)(C)OC(=O)NCCOc1cc(Br)cc(OCC2CC2)c1. The normalized spacial score (nSPS) is 14.3. The van der Waals surface area contributed by atoms with Crippen LogP contribution in [0.4, 0.5) is 4.79 Å². The number of carbonyl (C=O) groups is 1. The van der Waals surface area contributed by atoms with Crippen molar-refractivity contribution in [2.24, 2.45) is 5.92 Å². The standard InChI is InChI=1S/C17H24BrNO4/c1-17(2,3)23-16(20)19-6-7-21-14-8-13(18)9-15(10-14)22-11-12-4-5-12/h8-10,12H,4-7,11H2,1-3H3,(H,19,20). The smallest absolute Gasteiger partial charge is 0.407 e. The topological polar surface area (TPSA) is 56.8 Å². The molecule has 23 heavy (non-hydrogen) atoms. The van der Waals surface area contributed by atoms with Crippen LogP contribution >= 0.6 is 15.9 Å². The first kappa shape index (κ1) is 17.9. The third kappa shape index (κ3) is 7.59. The summed E-state index contributed by atoms with van der Waals surface area (Å²) in [6.45, 7) is 6.97. The summed E-state index contributed by atoms with van der Waals surface area (Å²) < 4.78 is 17.5. The van der Waals surface area contributed by atoms with Crippen LogP contribution < -0.4 is 14.8 Å². The molecular weight excluding hydrogens is 362 g/mol. The van der Waals surface area contributed by atoms with Crippen LogP contribution in [0.5, 0.6) is 11.5 Å². The lowest BCUT2D eigenvalue weighted by atomic mass is 10.2. The molecule has 6 heteroatoms. The van der Waals surface area contributed by atoms with Gasteiger partial charge < -0.3 is 19.5 Å². The summed E-state index contributed by atoms with van der Waals surface area (Å²) in [6.07, 6.45) is 2.07. The van der Waals surface area contributed by atoms with E-state index in [-0.39, 0.29) is 0 Å². The molecule has 1 aliphatic rings. The van der Waals surface area contributed by atoms with Gasteiger partial charge in [0.15, 0.2) is 0 Å². The van der Waals surface area contributed by atoms with Crippen LogP contribution in [0.1, 0.15) is 33.6 Å². The second-order valence-corrected chi connectivity index (χ2v) is 7.57. The van der Waals surface area contributed by atoms with Crippen LogP contribution in [-0.4, -0.2) is 31.5 Å². The van der Waals surface area contributed by atoms with Gasteiger partial charge in [0.25, 0.3) is 0 Å². The van der Waals surface area contributed by atoms with Crippen LogP contribution in [0, 0.1) is 5.92 Å². The minimum atomic E-state index is -0.497. The predicted molar refractivity (Wildman–Crippen MR) is 92.1 cm³/mol. The molecule has 0 heterocycles. The number of nitrogens with one attached hydrogen (secondary N) is 1. The number of alkyl carbamates (subject to hydrolysis) is 1. The fourth-order valence-electron chi connectivity index (χ4n) is 1.84. The van der Waals surface area contributed by atoms with Crippen molar-refractivity contribution < 1.29 is 19.0 Å². The second-order valence-electron chi connectivity index (χ2n) is 6.65. The van der Waals surface area contributed by atoms with Crippen molar-refractivity contribution in [2.75, 3.05) is 19.8 Å².